The molecular weight excluding hydrogens is 191 g/mol. The summed E-state index contributed by atoms with van der Waals surface area (Å²) < 4.78 is 0. The zero-order chi connectivity index (χ0) is 9.40. The molecule has 1 aliphatic rings. The van der Waals surface area contributed by atoms with Crippen molar-refractivity contribution in [3.05, 3.63) is 0 Å². The van der Waals surface area contributed by atoms with Crippen molar-refractivity contribution in [3.63, 3.8) is 0 Å². The summed E-state index contributed by atoms with van der Waals surface area (Å²) in [5, 5.41) is 15.8. The van der Waals surface area contributed by atoms with Crippen molar-refractivity contribution in [1.29, 1.82) is 0 Å². The number of carboxylic acids is 2. The van der Waals surface area contributed by atoms with E-state index in [9.17, 15) is 9.59 Å². The highest BCUT2D eigenvalue weighted by Gasteiger charge is 2.00. The van der Waals surface area contributed by atoms with Crippen LogP contribution in [0.15, 0.2) is 0 Å². The minimum Gasteiger partial charge on any atom is -0.481 e. The van der Waals surface area contributed by atoms with Gasteiger partial charge in [0.2, 0.25) is 0 Å². The molecule has 0 aromatic heterocycles. The highest BCUT2D eigenvalue weighted by atomic mass is 31.0. The fraction of sp³-hybridized carbons (Fsp3) is 0.750. The van der Waals surface area contributed by atoms with Crippen molar-refractivity contribution in [3.8, 4) is 0 Å². The maximum absolute atomic E-state index is 9.64. The van der Waals surface area contributed by atoms with Crippen molar-refractivity contribution in [2.24, 2.45) is 0 Å². The van der Waals surface area contributed by atoms with Crippen LogP contribution in [0, 0.1) is 0 Å². The average molecular weight is 208 g/mol. The smallest absolute Gasteiger partial charge is 0.303 e. The summed E-state index contributed by atoms with van der Waals surface area (Å²) in [5.74, 6) is -2.15. The summed E-state index contributed by atoms with van der Waals surface area (Å²) in [6.07, 6.45) is 5.41. The predicted molar refractivity (Wildman–Crippen MR) is 54.1 cm³/mol. The Morgan fingerprint density at radius 2 is 1.08 bits per heavy atom. The molecule has 0 bridgehead atoms. The van der Waals surface area contributed by atoms with Gasteiger partial charge < -0.3 is 10.2 Å². The number of hydrogen-bond donors (Lipinski definition) is 2. The molecule has 0 radical (unpaired) electrons. The van der Waals surface area contributed by atoms with Gasteiger partial charge in [-0.15, -0.1) is 0 Å². The molecule has 0 aliphatic heterocycles. The van der Waals surface area contributed by atoms with Gasteiger partial charge in [0.05, 0.1) is 12.8 Å². The largest absolute Gasteiger partial charge is 0.481 e. The predicted octanol–water partition coefficient (Wildman–Crippen LogP) is 1.55. The van der Waals surface area contributed by atoms with Gasteiger partial charge in [0, 0.05) is 0 Å². The Kier molecular flexibility index (Phi) is 10.8. The Morgan fingerprint density at radius 1 is 0.846 bits per heavy atom. The standard InChI is InChI=1S/C4H6O4.C4H8.H3P/c5-3(6)1-2-4(7)8;1-2-4-3-1;/h1-2H2,(H,5,6)(H,7,8);1-4H2;1H3. The zero-order valence-electron chi connectivity index (χ0n) is 7.66. The molecule has 0 spiro atoms. The van der Waals surface area contributed by atoms with Crippen molar-refractivity contribution < 1.29 is 19.8 Å². The van der Waals surface area contributed by atoms with Crippen LogP contribution in [0.4, 0.5) is 0 Å². The monoisotopic (exact) mass is 208 g/mol. The average Bonchev–Trinajstić information content (AvgIpc) is 1.79. The van der Waals surface area contributed by atoms with Crippen LogP contribution < -0.4 is 0 Å². The highest BCUT2D eigenvalue weighted by Crippen LogP contribution is 2.15. The van der Waals surface area contributed by atoms with E-state index in [1.165, 1.54) is 25.7 Å². The lowest BCUT2D eigenvalue weighted by Crippen LogP contribution is -2.00. The third-order valence-corrected chi connectivity index (χ3v) is 1.55. The molecule has 78 valence electrons. The van der Waals surface area contributed by atoms with Crippen LogP contribution in [0.25, 0.3) is 0 Å². The van der Waals surface area contributed by atoms with Crippen LogP contribution in [0.3, 0.4) is 0 Å². The zero-order valence-corrected chi connectivity index (χ0v) is 9.07. The van der Waals surface area contributed by atoms with Crippen LogP contribution in [-0.2, 0) is 9.59 Å². The lowest BCUT2D eigenvalue weighted by atomic mass is 10.0. The van der Waals surface area contributed by atoms with E-state index in [0.717, 1.165) is 0 Å². The number of rotatable bonds is 3. The summed E-state index contributed by atoms with van der Waals surface area (Å²) in [4.78, 5) is 19.3. The van der Waals surface area contributed by atoms with Gasteiger partial charge in [-0.1, -0.05) is 25.7 Å². The van der Waals surface area contributed by atoms with E-state index in [4.69, 9.17) is 10.2 Å². The summed E-state index contributed by atoms with van der Waals surface area (Å²) in [6.45, 7) is 0. The van der Waals surface area contributed by atoms with Crippen LogP contribution in [0.5, 0.6) is 0 Å². The maximum atomic E-state index is 9.64. The Morgan fingerprint density at radius 3 is 1.15 bits per heavy atom. The van der Waals surface area contributed by atoms with Crippen molar-refractivity contribution in [2.45, 2.75) is 38.5 Å². The summed E-state index contributed by atoms with van der Waals surface area (Å²) in [6, 6.07) is 0. The van der Waals surface area contributed by atoms with E-state index in [2.05, 4.69) is 0 Å². The van der Waals surface area contributed by atoms with E-state index >= 15 is 0 Å². The SMILES string of the molecule is C1CCC1.O=C(O)CCC(=O)O.P. The molecule has 1 aliphatic carbocycles. The number of hydrogen-bond acceptors (Lipinski definition) is 2. The third-order valence-electron chi connectivity index (χ3n) is 1.55. The number of carbonyl (C=O) groups is 2. The van der Waals surface area contributed by atoms with Gasteiger partial charge in [0.15, 0.2) is 0 Å². The molecule has 5 heteroatoms. The molecule has 1 rings (SSSR count). The third kappa shape index (κ3) is 14.2. The van der Waals surface area contributed by atoms with Crippen molar-refractivity contribution in [2.75, 3.05) is 0 Å². The van der Waals surface area contributed by atoms with Gasteiger partial charge in [0.1, 0.15) is 0 Å². The minimum absolute atomic E-state index is 0. The first-order chi connectivity index (χ1) is 5.63. The second-order valence-corrected chi connectivity index (χ2v) is 2.70. The van der Waals surface area contributed by atoms with Crippen LogP contribution in [0.2, 0.25) is 0 Å². The molecule has 13 heavy (non-hydrogen) atoms. The molecule has 4 nitrogen and oxygen atoms in total. The lowest BCUT2D eigenvalue weighted by molar-refractivity contribution is -0.143. The topological polar surface area (TPSA) is 74.6 Å². The Hall–Kier alpha value is -0.630. The Balaban J connectivity index is 0. The lowest BCUT2D eigenvalue weighted by Gasteiger charge is -2.05. The first kappa shape index (κ1) is 14.9. The van der Waals surface area contributed by atoms with Gasteiger partial charge in [-0.05, 0) is 0 Å². The summed E-state index contributed by atoms with van der Waals surface area (Å²) in [5.41, 5.74) is 0. The minimum atomic E-state index is -1.08. The van der Waals surface area contributed by atoms with E-state index < -0.39 is 11.9 Å². The molecule has 0 amide bonds. The molecule has 2 N–H and O–H groups in total. The van der Waals surface area contributed by atoms with Crippen LogP contribution in [0.1, 0.15) is 38.5 Å². The highest BCUT2D eigenvalue weighted by molar-refractivity contribution is 6.92. The normalized spacial score (nSPS) is 12.6. The van der Waals surface area contributed by atoms with Gasteiger partial charge in [-0.3, -0.25) is 9.59 Å². The number of carboxylic acid groups (broad SMARTS) is 2. The van der Waals surface area contributed by atoms with E-state index in [1.807, 2.05) is 0 Å². The molecular formula is C8H17O4P. The summed E-state index contributed by atoms with van der Waals surface area (Å²) in [7, 11) is 0. The second-order valence-electron chi connectivity index (χ2n) is 2.70. The molecule has 0 saturated heterocycles. The fourth-order valence-corrected chi connectivity index (χ4v) is 0.464. The first-order valence-corrected chi connectivity index (χ1v) is 4.06. The second kappa shape index (κ2) is 9.46. The first-order valence-electron chi connectivity index (χ1n) is 4.06. The van der Waals surface area contributed by atoms with Gasteiger partial charge in [0.25, 0.3) is 0 Å². The van der Waals surface area contributed by atoms with E-state index in [-0.39, 0.29) is 22.7 Å². The fourth-order valence-electron chi connectivity index (χ4n) is 0.464. The summed E-state index contributed by atoms with van der Waals surface area (Å²) >= 11 is 0. The molecule has 1 saturated carbocycles. The van der Waals surface area contributed by atoms with E-state index in [0.29, 0.717) is 0 Å². The molecule has 0 heterocycles. The molecule has 1 unspecified atom stereocenters. The molecule has 0 aromatic carbocycles. The van der Waals surface area contributed by atoms with Crippen LogP contribution >= 0.6 is 9.90 Å². The van der Waals surface area contributed by atoms with Gasteiger partial charge >= 0.3 is 11.9 Å². The van der Waals surface area contributed by atoms with Gasteiger partial charge in [-0.25, -0.2) is 0 Å². The quantitative estimate of drug-likeness (QED) is 0.690. The van der Waals surface area contributed by atoms with Crippen LogP contribution in [-0.4, -0.2) is 22.2 Å². The van der Waals surface area contributed by atoms with Crippen molar-refractivity contribution >= 4 is 21.8 Å². The molecule has 1 atom stereocenters. The van der Waals surface area contributed by atoms with Gasteiger partial charge in [-0.2, -0.15) is 9.90 Å². The molecule has 0 aromatic rings. The Labute approximate surface area is 81.0 Å². The molecule has 1 fully saturated rings. The maximum Gasteiger partial charge on any atom is 0.303 e. The van der Waals surface area contributed by atoms with E-state index in [1.54, 1.807) is 0 Å². The Bertz CT molecular complexity index is 136. The van der Waals surface area contributed by atoms with Crippen molar-refractivity contribution in [1.82, 2.24) is 0 Å². The number of aliphatic carboxylic acids is 2.